The second kappa shape index (κ2) is 2.24. The molecular formula is C10H17N. The van der Waals surface area contributed by atoms with E-state index in [0.29, 0.717) is 5.92 Å². The van der Waals surface area contributed by atoms with E-state index in [1.165, 1.54) is 0 Å². The van der Waals surface area contributed by atoms with Crippen LogP contribution in [0.25, 0.3) is 0 Å². The Hall–Kier alpha value is -0.510. The lowest BCUT2D eigenvalue weighted by Gasteiger charge is -2.25. The van der Waals surface area contributed by atoms with Crippen molar-refractivity contribution >= 4 is 0 Å². The molecule has 62 valence electrons. The van der Waals surface area contributed by atoms with Gasteiger partial charge in [-0.2, -0.15) is 5.26 Å². The SMILES string of the molecule is CC[C@H]1C[C@@]1(C#N)C(C)(C)C. The Morgan fingerprint density at radius 3 is 2.18 bits per heavy atom. The third-order valence-electron chi connectivity index (χ3n) is 3.14. The third kappa shape index (κ3) is 1.05. The van der Waals surface area contributed by atoms with Crippen molar-refractivity contribution in [2.24, 2.45) is 16.7 Å². The number of rotatable bonds is 1. The van der Waals surface area contributed by atoms with Gasteiger partial charge in [-0.15, -0.1) is 0 Å². The number of hydrogen-bond donors (Lipinski definition) is 0. The molecule has 1 saturated carbocycles. The van der Waals surface area contributed by atoms with Gasteiger partial charge in [0, 0.05) is 0 Å². The van der Waals surface area contributed by atoms with Gasteiger partial charge in [0.05, 0.1) is 11.5 Å². The normalized spacial score (nSPS) is 36.5. The highest BCUT2D eigenvalue weighted by Crippen LogP contribution is 2.63. The first kappa shape index (κ1) is 8.59. The Labute approximate surface area is 69.4 Å². The molecule has 0 aromatic heterocycles. The van der Waals surface area contributed by atoms with Gasteiger partial charge in [-0.3, -0.25) is 0 Å². The molecule has 0 N–H and O–H groups in total. The number of nitrogens with zero attached hydrogens (tertiary/aromatic N) is 1. The van der Waals surface area contributed by atoms with Crippen molar-refractivity contribution in [3.8, 4) is 6.07 Å². The molecule has 0 radical (unpaired) electrons. The zero-order chi connectivity index (χ0) is 8.70. The zero-order valence-electron chi connectivity index (χ0n) is 7.94. The third-order valence-corrected chi connectivity index (χ3v) is 3.14. The molecule has 0 bridgehead atoms. The summed E-state index contributed by atoms with van der Waals surface area (Å²) in [5, 5.41) is 9.04. The molecule has 1 heteroatoms. The van der Waals surface area contributed by atoms with Crippen LogP contribution >= 0.6 is 0 Å². The largest absolute Gasteiger partial charge is 0.198 e. The fourth-order valence-corrected chi connectivity index (χ4v) is 2.05. The summed E-state index contributed by atoms with van der Waals surface area (Å²) in [4.78, 5) is 0. The lowest BCUT2D eigenvalue weighted by molar-refractivity contribution is 0.254. The van der Waals surface area contributed by atoms with Gasteiger partial charge in [-0.05, 0) is 17.8 Å². The van der Waals surface area contributed by atoms with Gasteiger partial charge in [-0.1, -0.05) is 34.1 Å². The molecule has 0 amide bonds. The second-order valence-electron chi connectivity index (χ2n) is 4.64. The van der Waals surface area contributed by atoms with Gasteiger partial charge in [0.1, 0.15) is 0 Å². The highest BCUT2D eigenvalue weighted by Gasteiger charge is 2.60. The smallest absolute Gasteiger partial charge is 0.0698 e. The van der Waals surface area contributed by atoms with Gasteiger partial charge in [-0.25, -0.2) is 0 Å². The molecule has 0 aliphatic heterocycles. The van der Waals surface area contributed by atoms with Gasteiger partial charge in [0.2, 0.25) is 0 Å². The second-order valence-corrected chi connectivity index (χ2v) is 4.64. The molecule has 2 atom stereocenters. The molecule has 1 nitrogen and oxygen atoms in total. The molecule has 1 fully saturated rings. The van der Waals surface area contributed by atoms with Crippen LogP contribution in [0, 0.1) is 28.1 Å². The molecule has 0 aromatic rings. The highest BCUT2D eigenvalue weighted by molar-refractivity contribution is 5.20. The molecule has 1 aliphatic carbocycles. The van der Waals surface area contributed by atoms with Crippen molar-refractivity contribution in [1.29, 1.82) is 5.26 Å². The lowest BCUT2D eigenvalue weighted by atomic mass is 9.76. The maximum atomic E-state index is 9.04. The van der Waals surface area contributed by atoms with Gasteiger partial charge in [0.15, 0.2) is 0 Å². The Balaban J connectivity index is 2.77. The fraction of sp³-hybridized carbons (Fsp3) is 0.900. The van der Waals surface area contributed by atoms with E-state index in [-0.39, 0.29) is 10.8 Å². The van der Waals surface area contributed by atoms with Crippen LogP contribution < -0.4 is 0 Å². The van der Waals surface area contributed by atoms with E-state index in [1.807, 2.05) is 0 Å². The summed E-state index contributed by atoms with van der Waals surface area (Å²) in [7, 11) is 0. The first-order valence-electron chi connectivity index (χ1n) is 4.39. The molecular weight excluding hydrogens is 134 g/mol. The predicted molar refractivity (Wildman–Crippen MR) is 45.9 cm³/mol. The maximum absolute atomic E-state index is 9.04. The van der Waals surface area contributed by atoms with Crippen LogP contribution in [0.3, 0.4) is 0 Å². The average molecular weight is 151 g/mol. The minimum Gasteiger partial charge on any atom is -0.198 e. The van der Waals surface area contributed by atoms with E-state index < -0.39 is 0 Å². The zero-order valence-corrected chi connectivity index (χ0v) is 7.94. The monoisotopic (exact) mass is 151 g/mol. The van der Waals surface area contributed by atoms with Crippen LogP contribution in [-0.4, -0.2) is 0 Å². The first-order valence-corrected chi connectivity index (χ1v) is 4.39. The van der Waals surface area contributed by atoms with Crippen molar-refractivity contribution in [2.45, 2.75) is 40.5 Å². The molecule has 1 rings (SSSR count). The van der Waals surface area contributed by atoms with Crippen LogP contribution in [-0.2, 0) is 0 Å². The van der Waals surface area contributed by atoms with E-state index in [2.05, 4.69) is 33.8 Å². The number of nitriles is 1. The Kier molecular flexibility index (Phi) is 1.75. The minimum atomic E-state index is 0.00174. The van der Waals surface area contributed by atoms with Crippen molar-refractivity contribution in [1.82, 2.24) is 0 Å². The Morgan fingerprint density at radius 1 is 1.55 bits per heavy atom. The standard InChI is InChI=1S/C10H17N/c1-5-8-6-10(8,7-11)9(2,3)4/h8H,5-6H2,1-4H3/t8-,10-/m0/s1. The molecule has 0 heterocycles. The van der Waals surface area contributed by atoms with Crippen LogP contribution in [0.15, 0.2) is 0 Å². The Bertz CT molecular complexity index is 194. The molecule has 1 aliphatic rings. The molecule has 0 unspecified atom stereocenters. The van der Waals surface area contributed by atoms with Crippen LogP contribution in [0.5, 0.6) is 0 Å². The topological polar surface area (TPSA) is 23.8 Å². The Morgan fingerprint density at radius 2 is 2.09 bits per heavy atom. The number of hydrogen-bond acceptors (Lipinski definition) is 1. The summed E-state index contributed by atoms with van der Waals surface area (Å²) in [6, 6.07) is 2.49. The van der Waals surface area contributed by atoms with Gasteiger partial charge in [0.25, 0.3) is 0 Å². The molecule has 11 heavy (non-hydrogen) atoms. The summed E-state index contributed by atoms with van der Waals surface area (Å²) >= 11 is 0. The molecule has 0 saturated heterocycles. The maximum Gasteiger partial charge on any atom is 0.0698 e. The molecule has 0 aromatic carbocycles. The van der Waals surface area contributed by atoms with Crippen molar-refractivity contribution < 1.29 is 0 Å². The summed E-state index contributed by atoms with van der Waals surface area (Å²) in [6.07, 6.45) is 2.27. The minimum absolute atomic E-state index is 0.00174. The van der Waals surface area contributed by atoms with Crippen molar-refractivity contribution in [3.63, 3.8) is 0 Å². The summed E-state index contributed by atoms with van der Waals surface area (Å²) < 4.78 is 0. The van der Waals surface area contributed by atoms with Crippen LogP contribution in [0.1, 0.15) is 40.5 Å². The van der Waals surface area contributed by atoms with Gasteiger partial charge >= 0.3 is 0 Å². The van der Waals surface area contributed by atoms with Crippen molar-refractivity contribution in [3.05, 3.63) is 0 Å². The summed E-state index contributed by atoms with van der Waals surface area (Å²) in [5.74, 6) is 0.660. The fourth-order valence-electron chi connectivity index (χ4n) is 2.05. The summed E-state index contributed by atoms with van der Waals surface area (Å²) in [5.41, 5.74) is 0.171. The molecule has 0 spiro atoms. The van der Waals surface area contributed by atoms with Gasteiger partial charge < -0.3 is 0 Å². The summed E-state index contributed by atoms with van der Waals surface area (Å²) in [6.45, 7) is 8.69. The van der Waals surface area contributed by atoms with E-state index in [0.717, 1.165) is 12.8 Å². The van der Waals surface area contributed by atoms with E-state index in [1.54, 1.807) is 0 Å². The van der Waals surface area contributed by atoms with E-state index >= 15 is 0 Å². The van der Waals surface area contributed by atoms with Crippen LogP contribution in [0.2, 0.25) is 0 Å². The van der Waals surface area contributed by atoms with E-state index in [9.17, 15) is 0 Å². The lowest BCUT2D eigenvalue weighted by Crippen LogP contribution is -2.22. The quantitative estimate of drug-likeness (QED) is 0.565. The highest BCUT2D eigenvalue weighted by atomic mass is 14.6. The predicted octanol–water partition coefficient (Wildman–Crippen LogP) is 2.97. The van der Waals surface area contributed by atoms with Crippen LogP contribution in [0.4, 0.5) is 0 Å². The van der Waals surface area contributed by atoms with E-state index in [4.69, 9.17) is 5.26 Å². The average Bonchev–Trinajstić information content (AvgIpc) is 2.60. The van der Waals surface area contributed by atoms with Crippen molar-refractivity contribution in [2.75, 3.05) is 0 Å². The first-order chi connectivity index (χ1) is 4.98.